The van der Waals surface area contributed by atoms with Crippen molar-refractivity contribution < 1.29 is 28.6 Å². The quantitative estimate of drug-likeness (QED) is 0.233. The van der Waals surface area contributed by atoms with E-state index >= 15 is 0 Å². The van der Waals surface area contributed by atoms with E-state index in [1.165, 1.54) is 6.07 Å². The van der Waals surface area contributed by atoms with Gasteiger partial charge in [-0.05, 0) is 35.9 Å². The Morgan fingerprint density at radius 3 is 2.67 bits per heavy atom. The summed E-state index contributed by atoms with van der Waals surface area (Å²) in [5.41, 5.74) is 0.730. The van der Waals surface area contributed by atoms with Gasteiger partial charge in [-0.3, -0.25) is 14.5 Å². The molecule has 5 rings (SSSR count). The summed E-state index contributed by atoms with van der Waals surface area (Å²) >= 11 is 6.36. The molecule has 3 aliphatic rings. The molecule has 1 saturated heterocycles. The minimum atomic E-state index is -0.826. The number of thioether (sulfide) groups is 1. The highest BCUT2D eigenvalue weighted by Crippen LogP contribution is 2.37. The van der Waals surface area contributed by atoms with Gasteiger partial charge in [-0.15, -0.1) is 0 Å². The largest absolute Gasteiger partial charge is 0.454 e. The van der Waals surface area contributed by atoms with Crippen LogP contribution in [0.3, 0.4) is 0 Å². The summed E-state index contributed by atoms with van der Waals surface area (Å²) < 4.78 is 16.0. The van der Waals surface area contributed by atoms with E-state index in [2.05, 4.69) is 0 Å². The van der Waals surface area contributed by atoms with Gasteiger partial charge in [-0.25, -0.2) is 4.79 Å². The maximum absolute atomic E-state index is 12.9. The zero-order valence-electron chi connectivity index (χ0n) is 15.1. The Morgan fingerprint density at radius 2 is 1.80 bits per heavy atom. The SMILES string of the molecule is O=C1Oc2ccccc2C(=O)/C1=C/N1C(=O)/C(=C/c2ccc3c(c2)OCO3)SC1=S. The first-order chi connectivity index (χ1) is 14.5. The zero-order valence-corrected chi connectivity index (χ0v) is 16.7. The number of hydrogen-bond acceptors (Lipinski definition) is 8. The maximum Gasteiger partial charge on any atom is 0.349 e. The highest BCUT2D eigenvalue weighted by molar-refractivity contribution is 8.26. The van der Waals surface area contributed by atoms with Crippen molar-refractivity contribution in [2.75, 3.05) is 6.79 Å². The van der Waals surface area contributed by atoms with Gasteiger partial charge in [0.25, 0.3) is 5.91 Å². The summed E-state index contributed by atoms with van der Waals surface area (Å²) in [6.07, 6.45) is 2.81. The molecule has 0 spiro atoms. The van der Waals surface area contributed by atoms with Crippen LogP contribution in [0.25, 0.3) is 6.08 Å². The van der Waals surface area contributed by atoms with E-state index in [9.17, 15) is 14.4 Å². The lowest BCUT2D eigenvalue weighted by atomic mass is 10.0. The van der Waals surface area contributed by atoms with Gasteiger partial charge in [0.05, 0.1) is 10.5 Å². The average Bonchev–Trinajstić information content (AvgIpc) is 3.30. The number of fused-ring (bicyclic) bond motifs is 2. The molecule has 0 bridgehead atoms. The number of carbonyl (C=O) groups excluding carboxylic acids is 3. The van der Waals surface area contributed by atoms with Crippen molar-refractivity contribution in [3.05, 3.63) is 70.3 Å². The molecule has 2 aromatic rings. The van der Waals surface area contributed by atoms with Crippen LogP contribution in [0.2, 0.25) is 0 Å². The molecule has 30 heavy (non-hydrogen) atoms. The van der Waals surface area contributed by atoms with Gasteiger partial charge < -0.3 is 14.2 Å². The van der Waals surface area contributed by atoms with Crippen LogP contribution >= 0.6 is 24.0 Å². The molecular formula is C21H11NO6S2. The highest BCUT2D eigenvalue weighted by Gasteiger charge is 2.36. The number of hydrogen-bond donors (Lipinski definition) is 0. The molecule has 2 aromatic carbocycles. The average molecular weight is 437 g/mol. The van der Waals surface area contributed by atoms with Crippen LogP contribution in [-0.2, 0) is 9.59 Å². The second kappa shape index (κ2) is 7.12. The topological polar surface area (TPSA) is 82.1 Å². The number of thiocarbonyl (C=S) groups is 1. The molecule has 3 aliphatic heterocycles. The molecule has 0 aliphatic carbocycles. The molecule has 9 heteroatoms. The van der Waals surface area contributed by atoms with E-state index < -0.39 is 17.7 Å². The van der Waals surface area contributed by atoms with Crippen LogP contribution in [0.4, 0.5) is 0 Å². The van der Waals surface area contributed by atoms with E-state index in [4.69, 9.17) is 26.4 Å². The second-order valence-corrected chi connectivity index (χ2v) is 8.10. The lowest BCUT2D eigenvalue weighted by molar-refractivity contribution is -0.130. The number of nitrogens with zero attached hydrogens (tertiary/aromatic N) is 1. The Bertz CT molecular complexity index is 1220. The molecule has 0 aromatic heterocycles. The molecule has 148 valence electrons. The van der Waals surface area contributed by atoms with Crippen molar-refractivity contribution in [3.63, 3.8) is 0 Å². The van der Waals surface area contributed by atoms with Crippen molar-refractivity contribution in [1.29, 1.82) is 0 Å². The fraction of sp³-hybridized carbons (Fsp3) is 0.0476. The number of carbonyl (C=O) groups is 3. The minimum Gasteiger partial charge on any atom is -0.454 e. The third-order valence-corrected chi connectivity index (χ3v) is 5.91. The van der Waals surface area contributed by atoms with E-state index in [0.29, 0.717) is 16.4 Å². The van der Waals surface area contributed by atoms with Crippen LogP contribution in [0, 0.1) is 0 Å². The Hall–Kier alpha value is -3.43. The van der Waals surface area contributed by atoms with Crippen LogP contribution < -0.4 is 14.2 Å². The number of rotatable bonds is 2. The summed E-state index contributed by atoms with van der Waals surface area (Å²) in [7, 11) is 0. The molecule has 7 nitrogen and oxygen atoms in total. The van der Waals surface area contributed by atoms with Gasteiger partial charge in [0.1, 0.15) is 11.3 Å². The van der Waals surface area contributed by atoms with Crippen molar-refractivity contribution in [2.24, 2.45) is 0 Å². The third-order valence-electron chi connectivity index (χ3n) is 4.58. The molecule has 0 radical (unpaired) electrons. The monoisotopic (exact) mass is 437 g/mol. The lowest BCUT2D eigenvalue weighted by Crippen LogP contribution is -2.30. The molecule has 0 unspecified atom stereocenters. The first-order valence-corrected chi connectivity index (χ1v) is 9.98. The number of benzene rings is 2. The van der Waals surface area contributed by atoms with Crippen molar-refractivity contribution in [3.8, 4) is 17.2 Å². The van der Waals surface area contributed by atoms with Gasteiger partial charge in [-0.1, -0.05) is 42.2 Å². The van der Waals surface area contributed by atoms with Gasteiger partial charge in [0, 0.05) is 6.20 Å². The maximum atomic E-state index is 12.9. The summed E-state index contributed by atoms with van der Waals surface area (Å²) in [5, 5.41) is 0. The van der Waals surface area contributed by atoms with E-state index in [-0.39, 0.29) is 28.0 Å². The number of esters is 1. The highest BCUT2D eigenvalue weighted by atomic mass is 32.2. The Labute approximate surface area is 179 Å². The third kappa shape index (κ3) is 3.08. The first kappa shape index (κ1) is 18.6. The summed E-state index contributed by atoms with van der Waals surface area (Å²) in [5.74, 6) is -0.356. The fourth-order valence-corrected chi connectivity index (χ4v) is 4.33. The molecule has 1 fully saturated rings. The Morgan fingerprint density at radius 1 is 1.00 bits per heavy atom. The van der Waals surface area contributed by atoms with E-state index in [1.807, 2.05) is 0 Å². The van der Waals surface area contributed by atoms with E-state index in [1.54, 1.807) is 42.5 Å². The summed E-state index contributed by atoms with van der Waals surface area (Å²) in [6.45, 7) is 0.154. The van der Waals surface area contributed by atoms with Crippen molar-refractivity contribution >= 4 is 52.0 Å². The van der Waals surface area contributed by atoms with Gasteiger partial charge in [-0.2, -0.15) is 0 Å². The van der Waals surface area contributed by atoms with Gasteiger partial charge in [0.15, 0.2) is 15.8 Å². The van der Waals surface area contributed by atoms with Gasteiger partial charge >= 0.3 is 5.97 Å². The number of para-hydroxylation sites is 1. The predicted octanol–water partition coefficient (Wildman–Crippen LogP) is 3.30. The molecular weight excluding hydrogens is 426 g/mol. The second-order valence-electron chi connectivity index (χ2n) is 6.42. The zero-order chi connectivity index (χ0) is 20.8. The normalized spacial score (nSPS) is 20.2. The van der Waals surface area contributed by atoms with Crippen LogP contribution in [0.5, 0.6) is 17.2 Å². The molecule has 1 amide bonds. The standard InChI is InChI=1S/C21H11NO6S2/c23-18-12-3-1-2-4-14(12)28-20(25)13(18)9-22-19(24)17(30-21(22)29)8-11-5-6-15-16(7-11)27-10-26-15/h1-9H,10H2/b13-9-,17-8-. The predicted molar refractivity (Wildman–Crippen MR) is 112 cm³/mol. The molecule has 3 heterocycles. The lowest BCUT2D eigenvalue weighted by Gasteiger charge is -2.18. The summed E-state index contributed by atoms with van der Waals surface area (Å²) in [6, 6.07) is 11.7. The number of amides is 1. The van der Waals surface area contributed by atoms with Crippen LogP contribution in [0.15, 0.2) is 59.1 Å². The van der Waals surface area contributed by atoms with Crippen LogP contribution in [0.1, 0.15) is 15.9 Å². The Balaban J connectivity index is 1.45. The molecule has 0 saturated carbocycles. The number of ketones is 1. The Kier molecular flexibility index (Phi) is 4.41. The molecule has 0 N–H and O–H groups in total. The van der Waals surface area contributed by atoms with E-state index in [0.717, 1.165) is 28.4 Å². The van der Waals surface area contributed by atoms with Crippen molar-refractivity contribution in [1.82, 2.24) is 4.90 Å². The minimum absolute atomic E-state index is 0.154. The summed E-state index contributed by atoms with van der Waals surface area (Å²) in [4.78, 5) is 39.4. The first-order valence-electron chi connectivity index (χ1n) is 8.76. The van der Waals surface area contributed by atoms with Crippen LogP contribution in [-0.4, -0.2) is 33.7 Å². The van der Waals surface area contributed by atoms with Gasteiger partial charge in [0.2, 0.25) is 12.6 Å². The smallest absolute Gasteiger partial charge is 0.349 e. The van der Waals surface area contributed by atoms with Crippen molar-refractivity contribution in [2.45, 2.75) is 0 Å². The fourth-order valence-electron chi connectivity index (χ4n) is 3.12. The molecule has 0 atom stereocenters. The number of Topliss-reactive ketones (excluding diaryl/α,β-unsaturated/α-hetero) is 1. The number of ether oxygens (including phenoxy) is 3.